The minimum Gasteiger partial charge on any atom is -0.452 e. The number of carbonyl (C=O) groups is 2. The lowest BCUT2D eigenvalue weighted by molar-refractivity contribution is -0.384. The molecule has 0 bridgehead atoms. The number of halogens is 2. The van der Waals surface area contributed by atoms with E-state index in [-0.39, 0.29) is 23.5 Å². The van der Waals surface area contributed by atoms with Crippen LogP contribution in [0.3, 0.4) is 0 Å². The summed E-state index contributed by atoms with van der Waals surface area (Å²) in [6.07, 6.45) is 0.423. The first-order valence-corrected chi connectivity index (χ1v) is 9.10. The van der Waals surface area contributed by atoms with Crippen LogP contribution >= 0.6 is 0 Å². The maximum atomic E-state index is 12.1. The second kappa shape index (κ2) is 10.9. The van der Waals surface area contributed by atoms with Crippen molar-refractivity contribution in [3.05, 3.63) is 63.7 Å². The number of anilines is 1. The molecule has 0 aliphatic heterocycles. The highest BCUT2D eigenvalue weighted by atomic mass is 19.3. The molecule has 0 unspecified atom stereocenters. The van der Waals surface area contributed by atoms with Gasteiger partial charge in [0.1, 0.15) is 11.4 Å². The van der Waals surface area contributed by atoms with Crippen molar-refractivity contribution in [2.24, 2.45) is 0 Å². The number of carbonyl (C=O) groups excluding carboxylic acids is 2. The van der Waals surface area contributed by atoms with Gasteiger partial charge in [-0.05, 0) is 36.2 Å². The number of nitro groups is 1. The maximum Gasteiger partial charge on any atom is 0.387 e. The van der Waals surface area contributed by atoms with Gasteiger partial charge in [0.25, 0.3) is 11.6 Å². The van der Waals surface area contributed by atoms with Crippen molar-refractivity contribution >= 4 is 23.3 Å². The van der Waals surface area contributed by atoms with Crippen molar-refractivity contribution in [3.63, 3.8) is 0 Å². The zero-order valence-electron chi connectivity index (χ0n) is 16.8. The number of amides is 1. The fourth-order valence-corrected chi connectivity index (χ4v) is 2.62. The third-order valence-electron chi connectivity index (χ3n) is 4.11. The molecule has 0 heterocycles. The van der Waals surface area contributed by atoms with Crippen LogP contribution in [0.4, 0.5) is 20.2 Å². The number of alkyl halides is 2. The van der Waals surface area contributed by atoms with E-state index < -0.39 is 30.0 Å². The van der Waals surface area contributed by atoms with Crippen molar-refractivity contribution in [1.29, 1.82) is 0 Å². The molecule has 0 radical (unpaired) electrons. The highest BCUT2D eigenvalue weighted by Gasteiger charge is 2.20. The van der Waals surface area contributed by atoms with E-state index in [1.807, 2.05) is 0 Å². The third kappa shape index (κ3) is 7.21. The molecule has 2 aromatic carbocycles. The molecular formula is C20H21F2N3O6. The zero-order valence-corrected chi connectivity index (χ0v) is 16.8. The lowest BCUT2D eigenvalue weighted by Gasteiger charge is -2.13. The third-order valence-corrected chi connectivity index (χ3v) is 4.11. The number of nitrogens with one attached hydrogen (secondary N) is 1. The molecule has 2 aromatic rings. The monoisotopic (exact) mass is 437 g/mol. The Balaban J connectivity index is 1.81. The Morgan fingerprint density at radius 1 is 1.16 bits per heavy atom. The number of hydrogen-bond donors (Lipinski definition) is 1. The van der Waals surface area contributed by atoms with Gasteiger partial charge in [0.2, 0.25) is 0 Å². The van der Waals surface area contributed by atoms with Gasteiger partial charge in [0, 0.05) is 26.7 Å². The van der Waals surface area contributed by atoms with Crippen LogP contribution in [0.15, 0.2) is 42.5 Å². The minimum absolute atomic E-state index is 0.0357. The Morgan fingerprint density at radius 2 is 1.84 bits per heavy atom. The van der Waals surface area contributed by atoms with Crippen molar-refractivity contribution < 1.29 is 32.8 Å². The van der Waals surface area contributed by atoms with E-state index in [1.165, 1.54) is 24.3 Å². The minimum atomic E-state index is -2.90. The molecule has 2 rings (SSSR count). The van der Waals surface area contributed by atoms with Gasteiger partial charge in [-0.15, -0.1) is 0 Å². The molecule has 1 N–H and O–H groups in total. The molecular weight excluding hydrogens is 416 g/mol. The fourth-order valence-electron chi connectivity index (χ4n) is 2.62. The summed E-state index contributed by atoms with van der Waals surface area (Å²) in [7, 11) is 3.27. The summed E-state index contributed by atoms with van der Waals surface area (Å²) < 4.78 is 33.4. The Kier molecular flexibility index (Phi) is 8.24. The van der Waals surface area contributed by atoms with Gasteiger partial charge in [0.15, 0.2) is 6.61 Å². The molecule has 11 heteroatoms. The van der Waals surface area contributed by atoms with Gasteiger partial charge in [0.05, 0.1) is 10.5 Å². The van der Waals surface area contributed by atoms with E-state index in [2.05, 4.69) is 10.1 Å². The predicted molar refractivity (Wildman–Crippen MR) is 107 cm³/mol. The number of nitrogens with zero attached hydrogens (tertiary/aromatic N) is 2. The quantitative estimate of drug-likeness (QED) is 0.346. The van der Waals surface area contributed by atoms with Gasteiger partial charge in [-0.3, -0.25) is 14.9 Å². The molecule has 0 saturated heterocycles. The van der Waals surface area contributed by atoms with Crippen LogP contribution in [0.2, 0.25) is 0 Å². The van der Waals surface area contributed by atoms with E-state index >= 15 is 0 Å². The zero-order chi connectivity index (χ0) is 23.0. The summed E-state index contributed by atoms with van der Waals surface area (Å²) >= 11 is 0. The van der Waals surface area contributed by atoms with Crippen LogP contribution in [0.25, 0.3) is 0 Å². The van der Waals surface area contributed by atoms with Gasteiger partial charge in [-0.2, -0.15) is 8.78 Å². The van der Waals surface area contributed by atoms with Crippen LogP contribution < -0.4 is 15.0 Å². The molecule has 0 saturated carbocycles. The lowest BCUT2D eigenvalue weighted by Crippen LogP contribution is -2.30. The maximum absolute atomic E-state index is 12.1. The van der Waals surface area contributed by atoms with E-state index in [4.69, 9.17) is 4.74 Å². The van der Waals surface area contributed by atoms with E-state index in [9.17, 15) is 28.5 Å². The number of benzene rings is 2. The topological polar surface area (TPSA) is 111 Å². The van der Waals surface area contributed by atoms with Crippen LogP contribution in [0.5, 0.6) is 5.75 Å². The van der Waals surface area contributed by atoms with Crippen molar-refractivity contribution in [2.75, 3.05) is 32.1 Å². The van der Waals surface area contributed by atoms with Crippen LogP contribution in [-0.4, -0.2) is 50.7 Å². The summed E-state index contributed by atoms with van der Waals surface area (Å²) in [6, 6.07) is 9.87. The van der Waals surface area contributed by atoms with Gasteiger partial charge in [-0.25, -0.2) is 4.79 Å². The smallest absolute Gasteiger partial charge is 0.387 e. The van der Waals surface area contributed by atoms with E-state index in [1.54, 1.807) is 31.1 Å². The predicted octanol–water partition coefficient (Wildman–Crippen LogP) is 2.78. The standard InChI is InChI=1S/C20H21F2N3O6/c1-24(2)16-8-5-14(11-17(16)25(28)29)19(27)30-12-18(26)23-10-9-13-3-6-15(7-4-13)31-20(21)22/h3-8,11,20H,9-10,12H2,1-2H3,(H,23,26). The SMILES string of the molecule is CN(C)c1ccc(C(=O)OCC(=O)NCCc2ccc(OC(F)F)cc2)cc1[N+](=O)[O-]. The van der Waals surface area contributed by atoms with Crippen LogP contribution in [-0.2, 0) is 16.0 Å². The molecule has 9 nitrogen and oxygen atoms in total. The summed E-state index contributed by atoms with van der Waals surface area (Å²) in [5, 5.41) is 13.7. The van der Waals surface area contributed by atoms with Crippen molar-refractivity contribution in [2.45, 2.75) is 13.0 Å². The largest absolute Gasteiger partial charge is 0.452 e. The van der Waals surface area contributed by atoms with E-state index in [0.717, 1.165) is 11.6 Å². The normalized spacial score (nSPS) is 10.5. The fraction of sp³-hybridized carbons (Fsp3) is 0.300. The van der Waals surface area contributed by atoms with Gasteiger partial charge < -0.3 is 19.7 Å². The number of esters is 1. The number of ether oxygens (including phenoxy) is 2. The van der Waals surface area contributed by atoms with Crippen LogP contribution in [0, 0.1) is 10.1 Å². The molecule has 0 spiro atoms. The highest BCUT2D eigenvalue weighted by molar-refractivity contribution is 5.93. The first-order valence-electron chi connectivity index (χ1n) is 9.10. The molecule has 31 heavy (non-hydrogen) atoms. The Bertz CT molecular complexity index is 935. The molecule has 1 amide bonds. The molecule has 0 fully saturated rings. The average molecular weight is 437 g/mol. The molecule has 166 valence electrons. The Hall–Kier alpha value is -3.76. The Labute approximate surface area is 176 Å². The second-order valence-corrected chi connectivity index (χ2v) is 6.55. The number of hydrogen-bond acceptors (Lipinski definition) is 7. The number of nitro benzene ring substituents is 1. The first kappa shape index (κ1) is 23.5. The first-order chi connectivity index (χ1) is 14.7. The van der Waals surface area contributed by atoms with Gasteiger partial charge >= 0.3 is 12.6 Å². The van der Waals surface area contributed by atoms with E-state index in [0.29, 0.717) is 12.1 Å². The summed E-state index contributed by atoms with van der Waals surface area (Å²) in [4.78, 5) is 36.1. The molecule has 0 aliphatic rings. The second-order valence-electron chi connectivity index (χ2n) is 6.55. The van der Waals surface area contributed by atoms with Crippen LogP contribution in [0.1, 0.15) is 15.9 Å². The average Bonchev–Trinajstić information content (AvgIpc) is 2.72. The summed E-state index contributed by atoms with van der Waals surface area (Å²) in [5.74, 6) is -1.38. The molecule has 0 atom stereocenters. The van der Waals surface area contributed by atoms with Crippen molar-refractivity contribution in [1.82, 2.24) is 5.32 Å². The lowest BCUT2D eigenvalue weighted by atomic mass is 10.1. The Morgan fingerprint density at radius 3 is 2.42 bits per heavy atom. The molecule has 0 aromatic heterocycles. The summed E-state index contributed by atoms with van der Waals surface area (Å²) in [6.45, 7) is -3.22. The molecule has 0 aliphatic carbocycles. The van der Waals surface area contributed by atoms with Crippen molar-refractivity contribution in [3.8, 4) is 5.75 Å². The highest BCUT2D eigenvalue weighted by Crippen LogP contribution is 2.27. The number of rotatable bonds is 10. The van der Waals surface area contributed by atoms with Gasteiger partial charge in [-0.1, -0.05) is 12.1 Å². The summed E-state index contributed by atoms with van der Waals surface area (Å²) in [5.41, 5.74) is 0.811.